The first kappa shape index (κ1) is 52.5. The van der Waals surface area contributed by atoms with Crippen molar-refractivity contribution >= 4 is 53.3 Å². The van der Waals surface area contributed by atoms with Crippen LogP contribution in [0.25, 0.3) is 0 Å². The molecule has 0 unspecified atom stereocenters. The molecule has 0 radical (unpaired) electrons. The van der Waals surface area contributed by atoms with Gasteiger partial charge in [0.2, 0.25) is 41.4 Å². The number of carboxylic acids is 1. The number of nitrogens with two attached hydrogens (primary N) is 4. The van der Waals surface area contributed by atoms with E-state index < -0.39 is 96.7 Å². The molecule has 0 saturated carbocycles. The number of imidazole rings is 1. The number of aliphatic carboxylic acids is 1. The van der Waals surface area contributed by atoms with Gasteiger partial charge in [-0.3, -0.25) is 38.6 Å². The zero-order valence-corrected chi connectivity index (χ0v) is 35.4. The van der Waals surface area contributed by atoms with Crippen LogP contribution >= 0.6 is 0 Å². The molecule has 7 amide bonds. The van der Waals surface area contributed by atoms with E-state index in [1.54, 1.807) is 44.2 Å². The fraction of sp³-hybridized carbons (Fsp3) is 0.538. The van der Waals surface area contributed by atoms with Crippen LogP contribution in [0.2, 0.25) is 0 Å². The molecule has 0 aliphatic rings. The quantitative estimate of drug-likeness (QED) is 0.0207. The minimum absolute atomic E-state index is 0.000860. The minimum atomic E-state index is -1.36. The average molecular weight is 887 g/mol. The van der Waals surface area contributed by atoms with Crippen LogP contribution in [0.5, 0.6) is 0 Å². The van der Waals surface area contributed by atoms with E-state index in [1.165, 1.54) is 12.5 Å². The molecule has 0 fully saturated rings. The Labute approximate surface area is 364 Å². The van der Waals surface area contributed by atoms with Crippen molar-refractivity contribution in [2.45, 2.75) is 95.1 Å². The van der Waals surface area contributed by atoms with Crippen molar-refractivity contribution < 1.29 is 48.6 Å². The lowest BCUT2D eigenvalue weighted by molar-refractivity contribution is -0.141. The largest absolute Gasteiger partial charge is 0.480 e. The van der Waals surface area contributed by atoms with Crippen LogP contribution in [0.1, 0.15) is 57.2 Å². The first-order chi connectivity index (χ1) is 30.0. The summed E-state index contributed by atoms with van der Waals surface area (Å²) in [5, 5.41) is 37.2. The number of H-pyrrole nitrogens is 1. The van der Waals surface area contributed by atoms with Crippen molar-refractivity contribution in [3.05, 3.63) is 54.1 Å². The SMILES string of the molecule is CC[C@H](C)[C@H](NC(=O)CN)C(=O)N[C@@H](CC[C@@H](O)CN)C(=O)NCC(=O)N[C@@H](Cc1cnc[nH]1)C(=O)N[C@@H](CCCN=C(N)N)C(=O)NCC(=O)N[C@@H](Cc1ccccc1)C(=O)O. The van der Waals surface area contributed by atoms with Gasteiger partial charge in [-0.15, -0.1) is 0 Å². The molecule has 24 nitrogen and oxygen atoms in total. The Kier molecular flexibility index (Phi) is 23.4. The second-order valence-electron chi connectivity index (χ2n) is 14.7. The number of hydrogen-bond acceptors (Lipinski definition) is 13. The third-order valence-electron chi connectivity index (χ3n) is 9.66. The molecule has 348 valence electrons. The Bertz CT molecular complexity index is 1830. The first-order valence-corrected chi connectivity index (χ1v) is 20.4. The Balaban J connectivity index is 2.21. The van der Waals surface area contributed by atoms with Gasteiger partial charge in [-0.1, -0.05) is 50.6 Å². The van der Waals surface area contributed by atoms with Gasteiger partial charge < -0.3 is 75.3 Å². The number of nitrogens with zero attached hydrogens (tertiary/aromatic N) is 2. The molecule has 7 atom stereocenters. The summed E-state index contributed by atoms with van der Waals surface area (Å²) in [6, 6.07) is 2.31. The number of aromatic nitrogens is 2. The molecular weight excluding hydrogens is 825 g/mol. The summed E-state index contributed by atoms with van der Waals surface area (Å²) in [5.74, 6) is -7.28. The second kappa shape index (κ2) is 28.0. The molecule has 0 aliphatic carbocycles. The predicted molar refractivity (Wildman–Crippen MR) is 228 cm³/mol. The molecule has 2 aromatic rings. The molecule has 0 spiro atoms. The number of nitrogens with one attached hydrogen (secondary N) is 8. The maximum atomic E-state index is 13.8. The summed E-state index contributed by atoms with van der Waals surface area (Å²) in [6.07, 6.45) is 2.10. The van der Waals surface area contributed by atoms with Crippen molar-refractivity contribution in [3.63, 3.8) is 0 Å². The zero-order chi connectivity index (χ0) is 46.9. The van der Waals surface area contributed by atoms with E-state index in [0.717, 1.165) is 0 Å². The standard InChI is InChI=1S/C39H62N14O10/c1-3-22(2)33(53-30(55)17-41)37(61)52-27(12-11-25(54)16-40)35(59)47-19-31(56)49-28(15-24-18-44-21-48-24)36(60)51-26(10-7-13-45-39(42)43)34(58)46-20-32(57)50-29(38(62)63)14-23-8-5-4-6-9-23/h4-6,8-9,18,21-22,25-29,33,54H,3,7,10-17,19-20,40-41H2,1-2H3,(H,44,48)(H,46,58)(H,47,59)(H,49,56)(H,50,57)(H,51,60)(H,52,61)(H,53,55)(H,62,63)(H4,42,43,45)/t22-,25+,26-,27-,28-,29-,33-/m0/s1. The highest BCUT2D eigenvalue weighted by Crippen LogP contribution is 2.11. The fourth-order valence-electron chi connectivity index (χ4n) is 5.93. The Morgan fingerprint density at radius 3 is 1.89 bits per heavy atom. The lowest BCUT2D eigenvalue weighted by atomic mass is 9.97. The highest BCUT2D eigenvalue weighted by atomic mass is 16.4. The van der Waals surface area contributed by atoms with Crippen LogP contribution in [0, 0.1) is 5.92 Å². The number of guanidine groups is 1. The van der Waals surface area contributed by atoms with E-state index in [1.807, 2.05) is 0 Å². The van der Waals surface area contributed by atoms with Gasteiger partial charge in [-0.05, 0) is 37.2 Å². The predicted octanol–water partition coefficient (Wildman–Crippen LogP) is -4.91. The monoisotopic (exact) mass is 886 g/mol. The topological polar surface area (TPSA) is 406 Å². The van der Waals surface area contributed by atoms with Crippen LogP contribution in [0.15, 0.2) is 47.8 Å². The Morgan fingerprint density at radius 1 is 0.746 bits per heavy atom. The van der Waals surface area contributed by atoms with Gasteiger partial charge in [0.15, 0.2) is 5.96 Å². The van der Waals surface area contributed by atoms with Gasteiger partial charge in [-0.2, -0.15) is 0 Å². The summed E-state index contributed by atoms with van der Waals surface area (Å²) >= 11 is 0. The number of aliphatic imine (C=N–C) groups is 1. The molecule has 18 N–H and O–H groups in total. The smallest absolute Gasteiger partial charge is 0.326 e. The summed E-state index contributed by atoms with van der Waals surface area (Å²) in [4.78, 5) is 115. The molecule has 63 heavy (non-hydrogen) atoms. The van der Waals surface area contributed by atoms with Crippen LogP contribution in [-0.2, 0) is 51.2 Å². The lowest BCUT2D eigenvalue weighted by Gasteiger charge is -2.27. The molecule has 1 aromatic carbocycles. The van der Waals surface area contributed by atoms with Crippen molar-refractivity contribution in [2.75, 3.05) is 32.7 Å². The first-order valence-electron chi connectivity index (χ1n) is 20.4. The number of amides is 7. The minimum Gasteiger partial charge on any atom is -0.480 e. The number of benzene rings is 1. The molecule has 0 saturated heterocycles. The van der Waals surface area contributed by atoms with Crippen molar-refractivity contribution in [2.24, 2.45) is 33.8 Å². The maximum absolute atomic E-state index is 13.8. The normalized spacial score (nSPS) is 14.2. The number of aliphatic hydroxyl groups excluding tert-OH is 1. The average Bonchev–Trinajstić information content (AvgIpc) is 3.78. The third-order valence-corrected chi connectivity index (χ3v) is 9.66. The van der Waals surface area contributed by atoms with Gasteiger partial charge in [-0.25, -0.2) is 9.78 Å². The molecule has 1 heterocycles. The Morgan fingerprint density at radius 2 is 1.35 bits per heavy atom. The van der Waals surface area contributed by atoms with Gasteiger partial charge >= 0.3 is 5.97 Å². The van der Waals surface area contributed by atoms with Gasteiger partial charge in [0, 0.05) is 37.8 Å². The van der Waals surface area contributed by atoms with Crippen LogP contribution in [-0.4, -0.2) is 142 Å². The molecule has 2 rings (SSSR count). The number of aromatic amines is 1. The molecule has 24 heteroatoms. The van der Waals surface area contributed by atoms with Crippen LogP contribution < -0.4 is 60.2 Å². The molecular formula is C39H62N14O10. The van der Waals surface area contributed by atoms with E-state index in [-0.39, 0.29) is 70.0 Å². The number of carboxylic acid groups (broad SMARTS) is 1. The number of hydrogen-bond donors (Lipinski definition) is 14. The Hall–Kier alpha value is -6.66. The van der Waals surface area contributed by atoms with Crippen LogP contribution in [0.3, 0.4) is 0 Å². The van der Waals surface area contributed by atoms with E-state index >= 15 is 0 Å². The summed E-state index contributed by atoms with van der Waals surface area (Å²) in [5.41, 5.74) is 22.9. The molecule has 0 bridgehead atoms. The summed E-state index contributed by atoms with van der Waals surface area (Å²) in [6.45, 7) is 1.78. The van der Waals surface area contributed by atoms with E-state index in [2.05, 4.69) is 52.2 Å². The van der Waals surface area contributed by atoms with Crippen molar-refractivity contribution in [1.29, 1.82) is 0 Å². The lowest BCUT2D eigenvalue weighted by Crippen LogP contribution is -2.58. The van der Waals surface area contributed by atoms with Gasteiger partial charge in [0.25, 0.3) is 0 Å². The van der Waals surface area contributed by atoms with Crippen LogP contribution in [0.4, 0.5) is 0 Å². The number of carbonyl (C=O) groups is 8. The maximum Gasteiger partial charge on any atom is 0.326 e. The summed E-state index contributed by atoms with van der Waals surface area (Å²) < 4.78 is 0. The van der Waals surface area contributed by atoms with E-state index in [9.17, 15) is 48.6 Å². The van der Waals surface area contributed by atoms with E-state index in [4.69, 9.17) is 22.9 Å². The van der Waals surface area contributed by atoms with Crippen molar-refractivity contribution in [3.8, 4) is 0 Å². The summed E-state index contributed by atoms with van der Waals surface area (Å²) in [7, 11) is 0. The highest BCUT2D eigenvalue weighted by Gasteiger charge is 2.32. The highest BCUT2D eigenvalue weighted by molar-refractivity contribution is 5.96. The number of aliphatic hydroxyl groups is 1. The van der Waals surface area contributed by atoms with Gasteiger partial charge in [0.1, 0.15) is 30.2 Å². The van der Waals surface area contributed by atoms with Gasteiger partial charge in [0.05, 0.1) is 32.1 Å². The fourth-order valence-corrected chi connectivity index (χ4v) is 5.93. The molecule has 1 aromatic heterocycles. The van der Waals surface area contributed by atoms with E-state index in [0.29, 0.717) is 17.7 Å². The molecule has 0 aliphatic heterocycles. The number of rotatable bonds is 29. The second-order valence-corrected chi connectivity index (χ2v) is 14.7. The third kappa shape index (κ3) is 20.2. The zero-order valence-electron chi connectivity index (χ0n) is 35.4. The number of carbonyl (C=O) groups excluding carboxylic acids is 7. The van der Waals surface area contributed by atoms with Crippen molar-refractivity contribution in [1.82, 2.24) is 47.2 Å².